The fourth-order valence-corrected chi connectivity index (χ4v) is 3.09. The Morgan fingerprint density at radius 1 is 1.29 bits per heavy atom. The van der Waals surface area contributed by atoms with Gasteiger partial charge in [0.15, 0.2) is 0 Å². The summed E-state index contributed by atoms with van der Waals surface area (Å²) in [5, 5.41) is 6.63. The molecule has 0 saturated carbocycles. The van der Waals surface area contributed by atoms with E-state index >= 15 is 0 Å². The van der Waals surface area contributed by atoms with Crippen molar-refractivity contribution in [2.24, 2.45) is 0 Å². The van der Waals surface area contributed by atoms with Gasteiger partial charge in [-0.3, -0.25) is 4.79 Å². The molecule has 3 nitrogen and oxygen atoms in total. The summed E-state index contributed by atoms with van der Waals surface area (Å²) in [6.07, 6.45) is 0. The molecule has 0 aliphatic rings. The second-order valence-electron chi connectivity index (χ2n) is 4.75. The summed E-state index contributed by atoms with van der Waals surface area (Å²) < 4.78 is 0.748. The number of benzene rings is 1. The molecule has 1 amide bonds. The first kappa shape index (κ1) is 16.3. The Balaban J connectivity index is 1.89. The fraction of sp³-hybridized carbons (Fsp3) is 0.267. The molecule has 2 rings (SSSR count). The van der Waals surface area contributed by atoms with Gasteiger partial charge in [0, 0.05) is 21.6 Å². The van der Waals surface area contributed by atoms with Crippen molar-refractivity contribution in [1.82, 2.24) is 5.32 Å². The molecule has 6 heteroatoms. The van der Waals surface area contributed by atoms with E-state index in [0.717, 1.165) is 20.5 Å². The van der Waals surface area contributed by atoms with Crippen molar-refractivity contribution >= 4 is 46.1 Å². The van der Waals surface area contributed by atoms with Gasteiger partial charge in [-0.15, -0.1) is 11.3 Å². The monoisotopic (exact) mass is 342 g/mol. The number of nitrogens with one attached hydrogen (secondary N) is 2. The quantitative estimate of drug-likeness (QED) is 0.829. The van der Waals surface area contributed by atoms with E-state index in [2.05, 4.69) is 10.6 Å². The van der Waals surface area contributed by atoms with E-state index in [1.165, 1.54) is 11.3 Å². The summed E-state index contributed by atoms with van der Waals surface area (Å²) in [6, 6.07) is 9.32. The predicted octanol–water partition coefficient (Wildman–Crippen LogP) is 4.65. The third-order valence-corrected chi connectivity index (χ3v) is 4.71. The number of carbonyl (C=O) groups is 1. The van der Waals surface area contributed by atoms with Gasteiger partial charge in [0.05, 0.1) is 10.9 Å². The van der Waals surface area contributed by atoms with E-state index in [4.69, 9.17) is 23.2 Å². The van der Waals surface area contributed by atoms with Gasteiger partial charge < -0.3 is 10.6 Å². The van der Waals surface area contributed by atoms with Crippen molar-refractivity contribution in [2.45, 2.75) is 19.9 Å². The Labute approximate surface area is 138 Å². The zero-order valence-corrected chi connectivity index (χ0v) is 14.1. The van der Waals surface area contributed by atoms with Crippen molar-refractivity contribution < 1.29 is 4.79 Å². The molecular formula is C15H16Cl2N2OS. The minimum absolute atomic E-state index is 0.0775. The van der Waals surface area contributed by atoms with E-state index < -0.39 is 0 Å². The van der Waals surface area contributed by atoms with Crippen molar-refractivity contribution in [1.29, 1.82) is 0 Å². The lowest BCUT2D eigenvalue weighted by molar-refractivity contribution is -0.115. The van der Waals surface area contributed by atoms with Crippen LogP contribution in [0.5, 0.6) is 0 Å². The molecule has 1 heterocycles. The minimum Gasteiger partial charge on any atom is -0.325 e. The lowest BCUT2D eigenvalue weighted by Gasteiger charge is -2.13. The summed E-state index contributed by atoms with van der Waals surface area (Å²) in [7, 11) is 0. The van der Waals surface area contributed by atoms with Crippen molar-refractivity contribution in [3.63, 3.8) is 0 Å². The van der Waals surface area contributed by atoms with E-state index in [9.17, 15) is 4.79 Å². The second-order valence-corrected chi connectivity index (χ2v) is 6.93. The number of hydrogen-bond donors (Lipinski definition) is 2. The van der Waals surface area contributed by atoms with Gasteiger partial charge in [-0.2, -0.15) is 0 Å². The zero-order valence-electron chi connectivity index (χ0n) is 11.7. The molecule has 0 aliphatic carbocycles. The number of amides is 1. The van der Waals surface area contributed by atoms with Crippen LogP contribution in [-0.2, 0) is 4.79 Å². The third kappa shape index (κ3) is 4.71. The van der Waals surface area contributed by atoms with Crippen molar-refractivity contribution in [3.05, 3.63) is 50.1 Å². The van der Waals surface area contributed by atoms with Crippen LogP contribution in [0.15, 0.2) is 30.3 Å². The van der Waals surface area contributed by atoms with Gasteiger partial charge in [-0.05, 0) is 43.7 Å². The number of aryl methyl sites for hydroxylation is 1. The Hall–Kier alpha value is -1.07. The van der Waals surface area contributed by atoms with Crippen LogP contribution >= 0.6 is 34.5 Å². The van der Waals surface area contributed by atoms with Gasteiger partial charge >= 0.3 is 0 Å². The number of hydrogen-bond acceptors (Lipinski definition) is 3. The molecule has 0 saturated heterocycles. The fourth-order valence-electron chi connectivity index (χ4n) is 1.83. The minimum atomic E-state index is -0.102. The largest absolute Gasteiger partial charge is 0.325 e. The van der Waals surface area contributed by atoms with Crippen LogP contribution in [0.4, 0.5) is 5.69 Å². The molecule has 1 aromatic heterocycles. The normalized spacial score (nSPS) is 12.2. The Morgan fingerprint density at radius 3 is 2.71 bits per heavy atom. The lowest BCUT2D eigenvalue weighted by Crippen LogP contribution is -2.30. The van der Waals surface area contributed by atoms with E-state index in [1.807, 2.05) is 32.0 Å². The van der Waals surface area contributed by atoms with E-state index in [-0.39, 0.29) is 18.5 Å². The second kappa shape index (κ2) is 7.27. The molecule has 1 aromatic carbocycles. The van der Waals surface area contributed by atoms with E-state index in [1.54, 1.807) is 12.1 Å². The smallest absolute Gasteiger partial charge is 0.238 e. The molecule has 0 aliphatic heterocycles. The van der Waals surface area contributed by atoms with Gasteiger partial charge in [0.2, 0.25) is 5.91 Å². The summed E-state index contributed by atoms with van der Waals surface area (Å²) in [4.78, 5) is 13.1. The average molecular weight is 343 g/mol. The average Bonchev–Trinajstić information content (AvgIpc) is 2.87. The first-order valence-corrected chi connectivity index (χ1v) is 8.07. The molecule has 2 N–H and O–H groups in total. The number of halogens is 2. The molecule has 0 radical (unpaired) electrons. The first-order chi connectivity index (χ1) is 9.95. The number of anilines is 1. The van der Waals surface area contributed by atoms with E-state index in [0.29, 0.717) is 5.02 Å². The molecule has 0 bridgehead atoms. The van der Waals surface area contributed by atoms with Gasteiger partial charge in [0.1, 0.15) is 0 Å². The number of carbonyl (C=O) groups excluding carboxylic acids is 1. The number of rotatable bonds is 5. The highest BCUT2D eigenvalue weighted by atomic mass is 35.5. The Morgan fingerprint density at radius 2 is 2.05 bits per heavy atom. The van der Waals surface area contributed by atoms with Gasteiger partial charge in [0.25, 0.3) is 0 Å². The maximum atomic E-state index is 12.0. The molecule has 2 aromatic rings. The molecule has 0 spiro atoms. The molecule has 112 valence electrons. The van der Waals surface area contributed by atoms with Crippen LogP contribution in [0, 0.1) is 6.92 Å². The molecule has 0 fully saturated rings. The highest BCUT2D eigenvalue weighted by molar-refractivity contribution is 7.16. The standard InChI is InChI=1S/C15H16Cl2N2OS/c1-9-3-4-11(16)7-12(9)19-15(20)8-18-10(2)13-5-6-14(17)21-13/h3-7,10,18H,8H2,1-2H3,(H,19,20). The van der Waals surface area contributed by atoms with Crippen LogP contribution < -0.4 is 10.6 Å². The Kier molecular flexibility index (Phi) is 5.65. The molecule has 1 unspecified atom stereocenters. The highest BCUT2D eigenvalue weighted by Crippen LogP contribution is 2.26. The topological polar surface area (TPSA) is 41.1 Å². The molecule has 1 atom stereocenters. The summed E-state index contributed by atoms with van der Waals surface area (Å²) in [6.45, 7) is 4.15. The van der Waals surface area contributed by atoms with Crippen molar-refractivity contribution in [2.75, 3.05) is 11.9 Å². The van der Waals surface area contributed by atoms with Crippen LogP contribution in [0.3, 0.4) is 0 Å². The highest BCUT2D eigenvalue weighted by Gasteiger charge is 2.11. The summed E-state index contributed by atoms with van der Waals surface area (Å²) in [5.74, 6) is -0.102. The SMILES string of the molecule is Cc1ccc(Cl)cc1NC(=O)CNC(C)c1ccc(Cl)s1. The first-order valence-electron chi connectivity index (χ1n) is 6.50. The van der Waals surface area contributed by atoms with Crippen molar-refractivity contribution in [3.8, 4) is 0 Å². The maximum Gasteiger partial charge on any atom is 0.238 e. The van der Waals surface area contributed by atoms with Crippen LogP contribution in [0.1, 0.15) is 23.4 Å². The number of thiophene rings is 1. The molecular weight excluding hydrogens is 327 g/mol. The van der Waals surface area contributed by atoms with Gasteiger partial charge in [-0.25, -0.2) is 0 Å². The maximum absolute atomic E-state index is 12.0. The zero-order chi connectivity index (χ0) is 15.4. The third-order valence-electron chi connectivity index (χ3n) is 3.06. The lowest BCUT2D eigenvalue weighted by atomic mass is 10.2. The van der Waals surface area contributed by atoms with Crippen LogP contribution in [-0.4, -0.2) is 12.5 Å². The Bertz CT molecular complexity index is 642. The van der Waals surface area contributed by atoms with Gasteiger partial charge in [-0.1, -0.05) is 29.3 Å². The predicted molar refractivity (Wildman–Crippen MR) is 90.6 cm³/mol. The summed E-state index contributed by atoms with van der Waals surface area (Å²) >= 11 is 13.3. The molecule has 21 heavy (non-hydrogen) atoms. The van der Waals surface area contributed by atoms with Crippen LogP contribution in [0.25, 0.3) is 0 Å². The summed E-state index contributed by atoms with van der Waals surface area (Å²) in [5.41, 5.74) is 1.71. The van der Waals surface area contributed by atoms with Crippen LogP contribution in [0.2, 0.25) is 9.36 Å².